The molecule has 2 aromatic rings. The van der Waals surface area contributed by atoms with Gasteiger partial charge in [0.05, 0.1) is 18.9 Å². The molecule has 14 heavy (non-hydrogen) atoms. The molecule has 0 unspecified atom stereocenters. The number of rotatable bonds is 2. The number of carbonyl (C=O) groups is 1. The summed E-state index contributed by atoms with van der Waals surface area (Å²) in [7, 11) is 1.48. The predicted molar refractivity (Wildman–Crippen MR) is 51.3 cm³/mol. The van der Waals surface area contributed by atoms with E-state index in [1.165, 1.54) is 7.11 Å². The molecule has 2 rings (SSSR count). The lowest BCUT2D eigenvalue weighted by molar-refractivity contribution is 0.0997. The second kappa shape index (κ2) is 3.06. The van der Waals surface area contributed by atoms with Crippen molar-refractivity contribution in [1.82, 2.24) is 0 Å². The SMILES string of the molecule is COc1cc2occc2cc1C(N)=O. The van der Waals surface area contributed by atoms with Gasteiger partial charge in [0.25, 0.3) is 5.91 Å². The number of amides is 1. The Morgan fingerprint density at radius 2 is 2.29 bits per heavy atom. The van der Waals surface area contributed by atoms with Gasteiger partial charge >= 0.3 is 0 Å². The zero-order valence-corrected chi connectivity index (χ0v) is 7.61. The van der Waals surface area contributed by atoms with E-state index in [2.05, 4.69) is 0 Å². The van der Waals surface area contributed by atoms with Crippen LogP contribution in [0.2, 0.25) is 0 Å². The summed E-state index contributed by atoms with van der Waals surface area (Å²) in [5.41, 5.74) is 6.24. The highest BCUT2D eigenvalue weighted by Gasteiger charge is 2.11. The van der Waals surface area contributed by atoms with Crippen molar-refractivity contribution in [2.75, 3.05) is 7.11 Å². The summed E-state index contributed by atoms with van der Waals surface area (Å²) in [5.74, 6) is -0.0788. The van der Waals surface area contributed by atoms with Gasteiger partial charge in [0, 0.05) is 11.5 Å². The standard InChI is InChI=1S/C10H9NO3/c1-13-9-5-8-6(2-3-14-8)4-7(9)10(11)12/h2-5H,1H3,(H2,11,12). The Kier molecular flexibility index (Phi) is 1.89. The minimum absolute atomic E-state index is 0.362. The Balaban J connectivity index is 2.72. The third-order valence-electron chi connectivity index (χ3n) is 2.04. The quantitative estimate of drug-likeness (QED) is 0.782. The number of fused-ring (bicyclic) bond motifs is 1. The molecule has 2 N–H and O–H groups in total. The number of ether oxygens (including phenoxy) is 1. The first-order valence-electron chi connectivity index (χ1n) is 4.07. The van der Waals surface area contributed by atoms with Gasteiger partial charge in [0.15, 0.2) is 0 Å². The summed E-state index contributed by atoms with van der Waals surface area (Å²) in [6, 6.07) is 5.07. The van der Waals surface area contributed by atoms with Crippen molar-refractivity contribution in [2.45, 2.75) is 0 Å². The topological polar surface area (TPSA) is 65.5 Å². The highest BCUT2D eigenvalue weighted by molar-refractivity contribution is 5.99. The minimum atomic E-state index is -0.509. The second-order valence-corrected chi connectivity index (χ2v) is 2.88. The molecule has 0 aliphatic carbocycles. The zero-order chi connectivity index (χ0) is 10.1. The first kappa shape index (κ1) is 8.62. The molecule has 0 radical (unpaired) electrons. The Morgan fingerprint density at radius 3 is 2.93 bits per heavy atom. The first-order chi connectivity index (χ1) is 6.72. The van der Waals surface area contributed by atoms with E-state index in [1.807, 2.05) is 0 Å². The Bertz CT molecular complexity index is 487. The number of furan rings is 1. The van der Waals surface area contributed by atoms with Crippen molar-refractivity contribution in [2.24, 2.45) is 5.73 Å². The zero-order valence-electron chi connectivity index (χ0n) is 7.61. The van der Waals surface area contributed by atoms with Gasteiger partial charge in [-0.2, -0.15) is 0 Å². The van der Waals surface area contributed by atoms with Crippen LogP contribution < -0.4 is 10.5 Å². The van der Waals surface area contributed by atoms with Gasteiger partial charge in [-0.25, -0.2) is 0 Å². The molecule has 0 bridgehead atoms. The van der Waals surface area contributed by atoms with Crippen molar-refractivity contribution in [3.05, 3.63) is 30.0 Å². The van der Waals surface area contributed by atoms with Gasteiger partial charge in [-0.3, -0.25) is 4.79 Å². The molecule has 0 aliphatic heterocycles. The van der Waals surface area contributed by atoms with Crippen LogP contribution in [-0.2, 0) is 0 Å². The summed E-state index contributed by atoms with van der Waals surface area (Å²) >= 11 is 0. The van der Waals surface area contributed by atoms with Gasteiger partial charge in [-0.1, -0.05) is 0 Å². The van der Waals surface area contributed by atoms with Crippen molar-refractivity contribution in [1.29, 1.82) is 0 Å². The molecule has 0 saturated heterocycles. The van der Waals surface area contributed by atoms with E-state index in [4.69, 9.17) is 14.9 Å². The first-order valence-corrected chi connectivity index (χ1v) is 4.07. The number of nitrogens with two attached hydrogens (primary N) is 1. The van der Waals surface area contributed by atoms with Gasteiger partial charge in [0.1, 0.15) is 11.3 Å². The highest BCUT2D eigenvalue weighted by atomic mass is 16.5. The van der Waals surface area contributed by atoms with E-state index < -0.39 is 5.91 Å². The maximum absolute atomic E-state index is 11.1. The maximum Gasteiger partial charge on any atom is 0.252 e. The molecule has 0 atom stereocenters. The normalized spacial score (nSPS) is 10.4. The van der Waals surface area contributed by atoms with Crippen LogP contribution >= 0.6 is 0 Å². The fourth-order valence-electron chi connectivity index (χ4n) is 1.35. The van der Waals surface area contributed by atoms with Gasteiger partial charge in [0.2, 0.25) is 0 Å². The summed E-state index contributed by atoms with van der Waals surface area (Å²) in [6.45, 7) is 0. The molecule has 1 heterocycles. The molecule has 1 amide bonds. The van der Waals surface area contributed by atoms with Crippen LogP contribution in [0, 0.1) is 0 Å². The lowest BCUT2D eigenvalue weighted by atomic mass is 10.1. The number of primary amides is 1. The lowest BCUT2D eigenvalue weighted by Crippen LogP contribution is -2.12. The number of methoxy groups -OCH3 is 1. The van der Waals surface area contributed by atoms with E-state index >= 15 is 0 Å². The predicted octanol–water partition coefficient (Wildman–Crippen LogP) is 1.54. The van der Waals surface area contributed by atoms with E-state index in [1.54, 1.807) is 24.5 Å². The van der Waals surface area contributed by atoms with Crippen molar-refractivity contribution in [3.63, 3.8) is 0 Å². The van der Waals surface area contributed by atoms with Crippen molar-refractivity contribution in [3.8, 4) is 5.75 Å². The third-order valence-corrected chi connectivity index (χ3v) is 2.04. The minimum Gasteiger partial charge on any atom is -0.496 e. The Hall–Kier alpha value is -1.97. The fourth-order valence-corrected chi connectivity index (χ4v) is 1.35. The monoisotopic (exact) mass is 191 g/mol. The highest BCUT2D eigenvalue weighted by Crippen LogP contribution is 2.26. The molecular weight excluding hydrogens is 182 g/mol. The van der Waals surface area contributed by atoms with Crippen LogP contribution in [-0.4, -0.2) is 13.0 Å². The maximum atomic E-state index is 11.1. The molecule has 1 aromatic heterocycles. The lowest BCUT2D eigenvalue weighted by Gasteiger charge is -2.04. The van der Waals surface area contributed by atoms with Crippen LogP contribution in [0.25, 0.3) is 11.0 Å². The van der Waals surface area contributed by atoms with Gasteiger partial charge in [-0.15, -0.1) is 0 Å². The average molecular weight is 191 g/mol. The molecule has 4 nitrogen and oxygen atoms in total. The number of hydrogen-bond acceptors (Lipinski definition) is 3. The summed E-state index contributed by atoms with van der Waals surface area (Å²) in [5, 5.41) is 0.833. The van der Waals surface area contributed by atoms with E-state index in [9.17, 15) is 4.79 Å². The fraction of sp³-hybridized carbons (Fsp3) is 0.100. The van der Waals surface area contributed by atoms with E-state index in [-0.39, 0.29) is 0 Å². The van der Waals surface area contributed by atoms with Crippen molar-refractivity contribution < 1.29 is 13.9 Å². The average Bonchev–Trinajstić information content (AvgIpc) is 2.62. The second-order valence-electron chi connectivity index (χ2n) is 2.88. The summed E-state index contributed by atoms with van der Waals surface area (Å²) in [6.07, 6.45) is 1.55. The van der Waals surface area contributed by atoms with E-state index in [0.29, 0.717) is 16.9 Å². The van der Waals surface area contributed by atoms with Crippen LogP contribution in [0.3, 0.4) is 0 Å². The van der Waals surface area contributed by atoms with Gasteiger partial charge < -0.3 is 14.9 Å². The molecule has 0 spiro atoms. The third kappa shape index (κ3) is 1.21. The molecule has 0 saturated carbocycles. The van der Waals surface area contributed by atoms with Crippen LogP contribution in [0.5, 0.6) is 5.75 Å². The Labute approximate surface area is 80.3 Å². The molecule has 1 aromatic carbocycles. The number of carbonyl (C=O) groups excluding carboxylic acids is 1. The van der Waals surface area contributed by atoms with Crippen molar-refractivity contribution >= 4 is 16.9 Å². The molecule has 0 fully saturated rings. The number of benzene rings is 1. The Morgan fingerprint density at radius 1 is 1.50 bits per heavy atom. The van der Waals surface area contributed by atoms with Crippen LogP contribution in [0.4, 0.5) is 0 Å². The largest absolute Gasteiger partial charge is 0.496 e. The molecule has 72 valence electrons. The smallest absolute Gasteiger partial charge is 0.252 e. The molecule has 4 heteroatoms. The number of hydrogen-bond donors (Lipinski definition) is 1. The van der Waals surface area contributed by atoms with E-state index in [0.717, 1.165) is 5.39 Å². The van der Waals surface area contributed by atoms with Gasteiger partial charge in [-0.05, 0) is 12.1 Å². The summed E-state index contributed by atoms with van der Waals surface area (Å²) in [4.78, 5) is 11.1. The molecule has 0 aliphatic rings. The summed E-state index contributed by atoms with van der Waals surface area (Å²) < 4.78 is 10.2. The van der Waals surface area contributed by atoms with Crippen LogP contribution in [0.1, 0.15) is 10.4 Å². The van der Waals surface area contributed by atoms with Crippen LogP contribution in [0.15, 0.2) is 28.9 Å². The molecular formula is C10H9NO3.